The van der Waals surface area contributed by atoms with Crippen LogP contribution in [0.25, 0.3) is 11.3 Å². The Labute approximate surface area is 240 Å². The third-order valence-corrected chi connectivity index (χ3v) is 7.86. The zero-order valence-electron chi connectivity index (χ0n) is 21.5. The molecule has 40 heavy (non-hydrogen) atoms. The maximum Gasteiger partial charge on any atom is 0.323 e. The van der Waals surface area contributed by atoms with Gasteiger partial charge in [0.2, 0.25) is 5.91 Å². The van der Waals surface area contributed by atoms with E-state index in [0.29, 0.717) is 16.5 Å². The summed E-state index contributed by atoms with van der Waals surface area (Å²) in [5.74, 6) is 0.571. The maximum atomic E-state index is 13.5. The number of carbonyl (C=O) groups is 2. The lowest BCUT2D eigenvalue weighted by molar-refractivity contribution is -0.115. The molecule has 0 aliphatic carbocycles. The number of thioether (sulfide) groups is 1. The average molecular weight is 567 g/mol. The van der Waals surface area contributed by atoms with Crippen LogP contribution in [-0.2, 0) is 4.79 Å². The summed E-state index contributed by atoms with van der Waals surface area (Å²) >= 11 is 2.80. The smallest absolute Gasteiger partial charge is 0.323 e. The van der Waals surface area contributed by atoms with Crippen molar-refractivity contribution >= 4 is 51.5 Å². The van der Waals surface area contributed by atoms with Crippen LogP contribution < -0.4 is 20.7 Å². The minimum Gasteiger partial charge on any atom is -0.497 e. The van der Waals surface area contributed by atoms with Gasteiger partial charge in [-0.25, -0.2) is 9.78 Å². The largest absolute Gasteiger partial charge is 0.497 e. The molecule has 7 nitrogen and oxygen atoms in total. The molecule has 1 unspecified atom stereocenters. The molecule has 1 atom stereocenters. The number of amides is 3. The summed E-state index contributed by atoms with van der Waals surface area (Å²) in [5.41, 5.74) is 3.91. The van der Waals surface area contributed by atoms with Gasteiger partial charge in [0.05, 0.1) is 12.8 Å². The first-order valence-electron chi connectivity index (χ1n) is 12.4. The van der Waals surface area contributed by atoms with Gasteiger partial charge in [-0.1, -0.05) is 60.7 Å². The summed E-state index contributed by atoms with van der Waals surface area (Å²) in [6.45, 7) is 0. The average Bonchev–Trinajstić information content (AvgIpc) is 3.46. The van der Waals surface area contributed by atoms with E-state index in [1.807, 2.05) is 115 Å². The molecule has 0 bridgehead atoms. The second-order valence-corrected chi connectivity index (χ2v) is 10.7. The number of aromatic nitrogens is 1. The number of nitrogens with zero attached hydrogens (tertiary/aromatic N) is 1. The van der Waals surface area contributed by atoms with Crippen LogP contribution >= 0.6 is 23.1 Å². The van der Waals surface area contributed by atoms with Crippen molar-refractivity contribution in [3.63, 3.8) is 0 Å². The van der Waals surface area contributed by atoms with Crippen molar-refractivity contribution in [3.8, 4) is 17.0 Å². The molecule has 3 amide bonds. The van der Waals surface area contributed by atoms with E-state index in [1.54, 1.807) is 7.11 Å². The minimum absolute atomic E-state index is 0.174. The Morgan fingerprint density at radius 3 is 2.17 bits per heavy atom. The van der Waals surface area contributed by atoms with Crippen LogP contribution in [0.5, 0.6) is 5.75 Å². The number of hydrogen-bond acceptors (Lipinski definition) is 6. The fourth-order valence-corrected chi connectivity index (χ4v) is 5.63. The minimum atomic E-state index is -0.509. The first-order chi connectivity index (χ1) is 19.6. The highest BCUT2D eigenvalue weighted by Gasteiger charge is 2.23. The highest BCUT2D eigenvalue weighted by Crippen LogP contribution is 2.37. The van der Waals surface area contributed by atoms with Crippen molar-refractivity contribution in [2.45, 2.75) is 10.1 Å². The molecule has 3 N–H and O–H groups in total. The Hall–Kier alpha value is -4.60. The van der Waals surface area contributed by atoms with Gasteiger partial charge in [0.1, 0.15) is 11.0 Å². The number of rotatable bonds is 9. The highest BCUT2D eigenvalue weighted by molar-refractivity contribution is 8.00. The topological polar surface area (TPSA) is 92.4 Å². The number of hydrogen-bond donors (Lipinski definition) is 3. The predicted molar refractivity (Wildman–Crippen MR) is 163 cm³/mol. The van der Waals surface area contributed by atoms with Crippen molar-refractivity contribution in [1.29, 1.82) is 0 Å². The van der Waals surface area contributed by atoms with Crippen molar-refractivity contribution in [2.75, 3.05) is 23.1 Å². The van der Waals surface area contributed by atoms with E-state index < -0.39 is 5.25 Å². The SMILES string of the molecule is COc1cccc(-c2csc(NC(=O)C(Sc3ccc(NC(=O)Nc4ccccc4)cc3)c3ccccc3)n2)c1. The van der Waals surface area contributed by atoms with Crippen LogP contribution in [0.2, 0.25) is 0 Å². The fraction of sp³-hybridized carbons (Fsp3) is 0.0645. The van der Waals surface area contributed by atoms with E-state index in [-0.39, 0.29) is 11.9 Å². The number of benzene rings is 4. The number of para-hydroxylation sites is 1. The molecule has 5 rings (SSSR count). The number of urea groups is 1. The molecule has 0 spiro atoms. The zero-order valence-corrected chi connectivity index (χ0v) is 23.2. The molecule has 0 radical (unpaired) electrons. The number of nitrogens with one attached hydrogen (secondary N) is 3. The van der Waals surface area contributed by atoms with Gasteiger partial charge in [-0.2, -0.15) is 0 Å². The molecule has 4 aromatic carbocycles. The van der Waals surface area contributed by atoms with E-state index in [4.69, 9.17) is 4.74 Å². The van der Waals surface area contributed by atoms with Gasteiger partial charge in [-0.05, 0) is 54.1 Å². The van der Waals surface area contributed by atoms with Crippen LogP contribution in [0.1, 0.15) is 10.8 Å². The normalized spacial score (nSPS) is 11.3. The second kappa shape index (κ2) is 13.0. The molecule has 0 saturated heterocycles. The molecule has 200 valence electrons. The molecule has 0 aliphatic rings. The van der Waals surface area contributed by atoms with Gasteiger partial charge < -0.3 is 20.7 Å². The highest BCUT2D eigenvalue weighted by atomic mass is 32.2. The summed E-state index contributed by atoms with van der Waals surface area (Å²) in [6.07, 6.45) is 0. The van der Waals surface area contributed by atoms with Gasteiger partial charge in [0, 0.05) is 27.2 Å². The third-order valence-electron chi connectivity index (χ3n) is 5.84. The molecule has 0 fully saturated rings. The monoisotopic (exact) mass is 566 g/mol. The fourth-order valence-electron chi connectivity index (χ4n) is 3.89. The molecule has 5 aromatic rings. The summed E-state index contributed by atoms with van der Waals surface area (Å²) in [6, 6.07) is 33.6. The quantitative estimate of drug-likeness (QED) is 0.158. The summed E-state index contributed by atoms with van der Waals surface area (Å²) in [5, 5.41) is 10.5. The Kier molecular flexibility index (Phi) is 8.75. The van der Waals surface area contributed by atoms with Crippen LogP contribution in [0.15, 0.2) is 119 Å². The Balaban J connectivity index is 1.27. The van der Waals surface area contributed by atoms with Crippen molar-refractivity contribution in [1.82, 2.24) is 4.98 Å². The second-order valence-electron chi connectivity index (χ2n) is 8.64. The first-order valence-corrected chi connectivity index (χ1v) is 14.2. The van der Waals surface area contributed by atoms with E-state index in [0.717, 1.165) is 27.5 Å². The summed E-state index contributed by atoms with van der Waals surface area (Å²) in [7, 11) is 1.63. The van der Waals surface area contributed by atoms with Gasteiger partial charge in [0.15, 0.2) is 5.13 Å². The Morgan fingerprint density at radius 1 is 0.800 bits per heavy atom. The molecule has 0 saturated carbocycles. The Morgan fingerprint density at radius 2 is 1.48 bits per heavy atom. The number of ether oxygens (including phenoxy) is 1. The molecular weight excluding hydrogens is 541 g/mol. The zero-order chi connectivity index (χ0) is 27.7. The van der Waals surface area contributed by atoms with Crippen molar-refractivity contribution in [2.24, 2.45) is 0 Å². The Bertz CT molecular complexity index is 1580. The van der Waals surface area contributed by atoms with Gasteiger partial charge in [0.25, 0.3) is 0 Å². The van der Waals surface area contributed by atoms with Crippen LogP contribution in [0, 0.1) is 0 Å². The molecule has 1 heterocycles. The lowest BCUT2D eigenvalue weighted by Gasteiger charge is -2.16. The van der Waals surface area contributed by atoms with Crippen molar-refractivity contribution < 1.29 is 14.3 Å². The molecule has 9 heteroatoms. The van der Waals surface area contributed by atoms with Crippen LogP contribution in [-0.4, -0.2) is 24.0 Å². The lowest BCUT2D eigenvalue weighted by Crippen LogP contribution is -2.19. The van der Waals surface area contributed by atoms with E-state index in [2.05, 4.69) is 20.9 Å². The van der Waals surface area contributed by atoms with Crippen LogP contribution in [0.4, 0.5) is 21.3 Å². The van der Waals surface area contributed by atoms with E-state index in [9.17, 15) is 9.59 Å². The predicted octanol–water partition coefficient (Wildman–Crippen LogP) is 7.93. The number of carbonyl (C=O) groups excluding carboxylic acids is 2. The number of thiazole rings is 1. The lowest BCUT2D eigenvalue weighted by atomic mass is 10.1. The van der Waals surface area contributed by atoms with Crippen molar-refractivity contribution in [3.05, 3.63) is 120 Å². The number of anilines is 3. The van der Waals surface area contributed by atoms with Gasteiger partial charge >= 0.3 is 6.03 Å². The summed E-state index contributed by atoms with van der Waals surface area (Å²) in [4.78, 5) is 31.3. The first kappa shape index (κ1) is 27.0. The van der Waals surface area contributed by atoms with Gasteiger partial charge in [-0.15, -0.1) is 23.1 Å². The van der Waals surface area contributed by atoms with E-state index >= 15 is 0 Å². The molecule has 0 aliphatic heterocycles. The number of methoxy groups -OCH3 is 1. The van der Waals surface area contributed by atoms with Gasteiger partial charge in [-0.3, -0.25) is 4.79 Å². The molecular formula is C31H26N4O3S2. The summed E-state index contributed by atoms with van der Waals surface area (Å²) < 4.78 is 5.31. The molecule has 1 aromatic heterocycles. The standard InChI is InChI=1S/C31H26N4O3S2/c1-38-25-14-8-11-22(19-25)27-20-39-31(34-27)35-29(36)28(21-9-4-2-5-10-21)40-26-17-15-24(16-18-26)33-30(37)32-23-12-6-3-7-13-23/h2-20,28H,1H3,(H2,32,33,37)(H,34,35,36). The maximum absolute atomic E-state index is 13.5. The van der Waals surface area contributed by atoms with Crippen LogP contribution in [0.3, 0.4) is 0 Å². The third kappa shape index (κ3) is 7.07. The van der Waals surface area contributed by atoms with E-state index in [1.165, 1.54) is 23.1 Å².